The number of carbonyl (C=O) groups is 1. The van der Waals surface area contributed by atoms with Crippen molar-refractivity contribution in [1.29, 1.82) is 0 Å². The van der Waals surface area contributed by atoms with Crippen LogP contribution < -0.4 is 20.3 Å². The predicted octanol–water partition coefficient (Wildman–Crippen LogP) is 3.84. The Hall–Kier alpha value is -4.40. The number of nitrogens with one attached hydrogen (secondary N) is 1. The molecule has 0 radical (unpaired) electrons. The largest absolute Gasteiger partial charge is 0.493 e. The standard InChI is InChI=1S/C25H24N4O5/c1-15-7-5-8-16(2)22(15)26-21(30)14-29-12-6-9-18(25(29)31)24-27-23(28-34-24)17-10-11-19(32-3)20(13-17)33-4/h5-13H,14H2,1-4H3,(H,26,30). The molecule has 0 aliphatic carbocycles. The molecular formula is C25H24N4O5. The number of benzene rings is 2. The lowest BCUT2D eigenvalue weighted by molar-refractivity contribution is -0.116. The van der Waals surface area contributed by atoms with Crippen LogP contribution in [0.25, 0.3) is 22.8 Å². The molecule has 0 aliphatic rings. The van der Waals surface area contributed by atoms with Gasteiger partial charge in [0, 0.05) is 17.4 Å². The minimum absolute atomic E-state index is 0.0549. The summed E-state index contributed by atoms with van der Waals surface area (Å²) in [6.45, 7) is 3.68. The fourth-order valence-electron chi connectivity index (χ4n) is 3.59. The summed E-state index contributed by atoms with van der Waals surface area (Å²) in [5.41, 5.74) is 3.05. The van der Waals surface area contributed by atoms with Crippen LogP contribution in [0.5, 0.6) is 11.5 Å². The number of nitrogens with zero attached hydrogens (tertiary/aromatic N) is 3. The number of ether oxygens (including phenoxy) is 2. The summed E-state index contributed by atoms with van der Waals surface area (Å²) in [6, 6.07) is 14.2. The number of rotatable bonds is 7. The smallest absolute Gasteiger partial charge is 0.263 e. The number of pyridine rings is 1. The molecular weight excluding hydrogens is 436 g/mol. The molecule has 2 aromatic carbocycles. The van der Waals surface area contributed by atoms with Gasteiger partial charge in [0.1, 0.15) is 12.1 Å². The normalized spacial score (nSPS) is 10.7. The fraction of sp³-hybridized carbons (Fsp3) is 0.200. The molecule has 174 valence electrons. The van der Waals surface area contributed by atoms with Gasteiger partial charge in [0.25, 0.3) is 11.4 Å². The van der Waals surface area contributed by atoms with Crippen LogP contribution in [0.15, 0.2) is 64.0 Å². The third-order valence-electron chi connectivity index (χ3n) is 5.38. The Morgan fingerprint density at radius 2 is 1.76 bits per heavy atom. The van der Waals surface area contributed by atoms with Gasteiger partial charge in [-0.15, -0.1) is 0 Å². The number of para-hydroxylation sites is 1. The number of hydrogen-bond acceptors (Lipinski definition) is 7. The van der Waals surface area contributed by atoms with Crippen molar-refractivity contribution >= 4 is 11.6 Å². The Morgan fingerprint density at radius 1 is 1.03 bits per heavy atom. The number of carbonyl (C=O) groups excluding carboxylic acids is 1. The molecule has 0 fully saturated rings. The fourth-order valence-corrected chi connectivity index (χ4v) is 3.59. The quantitative estimate of drug-likeness (QED) is 0.446. The Kier molecular flexibility index (Phi) is 6.44. The summed E-state index contributed by atoms with van der Waals surface area (Å²) in [6.07, 6.45) is 1.54. The second kappa shape index (κ2) is 9.62. The molecule has 0 atom stereocenters. The molecule has 2 aromatic heterocycles. The van der Waals surface area contributed by atoms with Crippen molar-refractivity contribution in [3.63, 3.8) is 0 Å². The highest BCUT2D eigenvalue weighted by Gasteiger charge is 2.17. The van der Waals surface area contributed by atoms with Gasteiger partial charge in [-0.3, -0.25) is 9.59 Å². The second-order valence-corrected chi connectivity index (χ2v) is 7.66. The molecule has 34 heavy (non-hydrogen) atoms. The molecule has 2 heterocycles. The molecule has 0 unspecified atom stereocenters. The number of aryl methyl sites for hydroxylation is 2. The molecule has 9 heteroatoms. The molecule has 0 bridgehead atoms. The maximum Gasteiger partial charge on any atom is 0.263 e. The van der Waals surface area contributed by atoms with Gasteiger partial charge in [-0.25, -0.2) is 0 Å². The van der Waals surface area contributed by atoms with Gasteiger partial charge >= 0.3 is 0 Å². The van der Waals surface area contributed by atoms with Crippen molar-refractivity contribution in [2.75, 3.05) is 19.5 Å². The Balaban J connectivity index is 1.58. The average Bonchev–Trinajstić information content (AvgIpc) is 3.32. The second-order valence-electron chi connectivity index (χ2n) is 7.66. The molecule has 9 nitrogen and oxygen atoms in total. The molecule has 0 aliphatic heterocycles. The van der Waals surface area contributed by atoms with E-state index in [9.17, 15) is 9.59 Å². The first kappa shape index (κ1) is 22.8. The lowest BCUT2D eigenvalue weighted by atomic mass is 10.1. The van der Waals surface area contributed by atoms with Crippen molar-refractivity contribution in [1.82, 2.24) is 14.7 Å². The molecule has 0 saturated carbocycles. The third kappa shape index (κ3) is 4.54. The maximum absolute atomic E-state index is 13.0. The molecule has 1 N–H and O–H groups in total. The third-order valence-corrected chi connectivity index (χ3v) is 5.38. The van der Waals surface area contributed by atoms with Crippen LogP contribution in [-0.4, -0.2) is 34.8 Å². The van der Waals surface area contributed by atoms with E-state index in [0.29, 0.717) is 22.9 Å². The van der Waals surface area contributed by atoms with Crippen molar-refractivity contribution in [3.8, 4) is 34.3 Å². The van der Waals surface area contributed by atoms with Crippen LogP contribution in [-0.2, 0) is 11.3 Å². The minimum Gasteiger partial charge on any atom is -0.493 e. The van der Waals surface area contributed by atoms with Crippen molar-refractivity contribution < 1.29 is 18.8 Å². The zero-order valence-corrected chi connectivity index (χ0v) is 19.3. The van der Waals surface area contributed by atoms with Gasteiger partial charge in [0.2, 0.25) is 11.7 Å². The highest BCUT2D eigenvalue weighted by molar-refractivity contribution is 5.92. The Labute approximate surface area is 196 Å². The van der Waals surface area contributed by atoms with Crippen LogP contribution >= 0.6 is 0 Å². The van der Waals surface area contributed by atoms with Crippen LogP contribution in [0.1, 0.15) is 11.1 Å². The van der Waals surface area contributed by atoms with Crippen molar-refractivity contribution in [2.45, 2.75) is 20.4 Å². The zero-order valence-electron chi connectivity index (χ0n) is 19.3. The molecule has 0 spiro atoms. The maximum atomic E-state index is 13.0. The van der Waals surface area contributed by atoms with E-state index < -0.39 is 5.56 Å². The summed E-state index contributed by atoms with van der Waals surface area (Å²) < 4.78 is 17.2. The number of amides is 1. The highest BCUT2D eigenvalue weighted by atomic mass is 16.5. The van der Waals surface area contributed by atoms with E-state index in [2.05, 4.69) is 15.5 Å². The lowest BCUT2D eigenvalue weighted by Crippen LogP contribution is -2.28. The first-order chi connectivity index (χ1) is 16.4. The SMILES string of the molecule is COc1ccc(-c2noc(-c3cccn(CC(=O)Nc4c(C)cccc4C)c3=O)n2)cc1OC. The molecule has 0 saturated heterocycles. The minimum atomic E-state index is -0.415. The van der Waals surface area contributed by atoms with E-state index in [-0.39, 0.29) is 23.9 Å². The summed E-state index contributed by atoms with van der Waals surface area (Å²) in [5.74, 6) is 1.12. The Morgan fingerprint density at radius 3 is 2.47 bits per heavy atom. The topological polar surface area (TPSA) is 108 Å². The first-order valence-corrected chi connectivity index (χ1v) is 10.5. The first-order valence-electron chi connectivity index (χ1n) is 10.5. The van der Waals surface area contributed by atoms with E-state index in [1.807, 2.05) is 32.0 Å². The summed E-state index contributed by atoms with van der Waals surface area (Å²) in [5, 5.41) is 6.88. The van der Waals surface area contributed by atoms with Gasteiger partial charge in [0.15, 0.2) is 11.5 Å². The summed E-state index contributed by atoms with van der Waals surface area (Å²) in [7, 11) is 3.08. The van der Waals surface area contributed by atoms with E-state index in [4.69, 9.17) is 14.0 Å². The van der Waals surface area contributed by atoms with Crippen molar-refractivity contribution in [2.24, 2.45) is 0 Å². The number of hydrogen-bond donors (Lipinski definition) is 1. The zero-order chi connectivity index (χ0) is 24.2. The van der Waals surface area contributed by atoms with Gasteiger partial charge < -0.3 is 23.9 Å². The Bertz CT molecular complexity index is 1390. The van der Waals surface area contributed by atoms with Crippen LogP contribution in [0.2, 0.25) is 0 Å². The molecule has 1 amide bonds. The molecule has 4 rings (SSSR count). The lowest BCUT2D eigenvalue weighted by Gasteiger charge is -2.12. The van der Waals surface area contributed by atoms with Gasteiger partial charge in [-0.1, -0.05) is 23.4 Å². The van der Waals surface area contributed by atoms with Gasteiger partial charge in [0.05, 0.1) is 14.2 Å². The van der Waals surface area contributed by atoms with E-state index in [1.54, 1.807) is 43.6 Å². The number of methoxy groups -OCH3 is 2. The summed E-state index contributed by atoms with van der Waals surface area (Å²) >= 11 is 0. The van der Waals surface area contributed by atoms with Gasteiger partial charge in [-0.05, 0) is 55.3 Å². The monoisotopic (exact) mass is 460 g/mol. The van der Waals surface area contributed by atoms with E-state index in [1.165, 1.54) is 11.7 Å². The predicted molar refractivity (Wildman–Crippen MR) is 127 cm³/mol. The van der Waals surface area contributed by atoms with E-state index in [0.717, 1.165) is 16.8 Å². The van der Waals surface area contributed by atoms with E-state index >= 15 is 0 Å². The van der Waals surface area contributed by atoms with Crippen LogP contribution in [0.3, 0.4) is 0 Å². The number of aromatic nitrogens is 3. The van der Waals surface area contributed by atoms with Crippen molar-refractivity contribution in [3.05, 3.63) is 76.2 Å². The number of anilines is 1. The average molecular weight is 460 g/mol. The highest BCUT2D eigenvalue weighted by Crippen LogP contribution is 2.31. The van der Waals surface area contributed by atoms with Crippen LogP contribution in [0, 0.1) is 13.8 Å². The summed E-state index contributed by atoms with van der Waals surface area (Å²) in [4.78, 5) is 30.0. The van der Waals surface area contributed by atoms with Crippen LogP contribution in [0.4, 0.5) is 5.69 Å². The van der Waals surface area contributed by atoms with Gasteiger partial charge in [-0.2, -0.15) is 4.98 Å². The molecule has 4 aromatic rings.